The fourth-order valence-electron chi connectivity index (χ4n) is 2.49. The van der Waals surface area contributed by atoms with Crippen molar-refractivity contribution < 1.29 is 9.53 Å². The molecule has 0 aliphatic heterocycles. The van der Waals surface area contributed by atoms with E-state index < -0.39 is 5.60 Å². The molecular formula is C18H38N2O2. The topological polar surface area (TPSA) is 50.4 Å². The highest BCUT2D eigenvalue weighted by Crippen LogP contribution is 2.10. The van der Waals surface area contributed by atoms with Crippen LogP contribution in [0.15, 0.2) is 0 Å². The van der Waals surface area contributed by atoms with Crippen LogP contribution >= 0.6 is 0 Å². The molecule has 4 heteroatoms. The molecule has 0 aromatic carbocycles. The van der Waals surface area contributed by atoms with Crippen molar-refractivity contribution in [1.29, 1.82) is 0 Å². The molecule has 0 heterocycles. The fourth-order valence-corrected chi connectivity index (χ4v) is 2.49. The van der Waals surface area contributed by atoms with E-state index in [4.69, 9.17) is 4.74 Å². The van der Waals surface area contributed by atoms with Gasteiger partial charge in [-0.3, -0.25) is 0 Å². The number of carbonyl (C=O) groups excluding carboxylic acids is 1. The van der Waals surface area contributed by atoms with E-state index in [1.54, 1.807) is 0 Å². The van der Waals surface area contributed by atoms with Crippen LogP contribution in [0.5, 0.6) is 0 Å². The third-order valence-corrected chi connectivity index (χ3v) is 3.41. The molecule has 132 valence electrons. The highest BCUT2D eigenvalue weighted by Gasteiger charge is 2.19. The Morgan fingerprint density at radius 1 is 1.14 bits per heavy atom. The third-order valence-electron chi connectivity index (χ3n) is 3.41. The van der Waals surface area contributed by atoms with E-state index in [0.717, 1.165) is 6.42 Å². The minimum absolute atomic E-state index is 0.296. The minimum atomic E-state index is -0.446. The molecule has 0 aromatic heterocycles. The Labute approximate surface area is 137 Å². The number of amides is 1. The number of unbranched alkanes of at least 4 members (excludes halogenated alkanes) is 2. The first-order valence-electron chi connectivity index (χ1n) is 8.87. The summed E-state index contributed by atoms with van der Waals surface area (Å²) in [6.45, 7) is 15.1. The van der Waals surface area contributed by atoms with Crippen LogP contribution in [-0.2, 0) is 4.74 Å². The molecule has 1 amide bonds. The normalized spacial score (nSPS) is 14.7. The molecule has 0 bridgehead atoms. The van der Waals surface area contributed by atoms with Gasteiger partial charge in [0.2, 0.25) is 0 Å². The average molecular weight is 315 g/mol. The van der Waals surface area contributed by atoms with E-state index in [1.165, 1.54) is 25.7 Å². The zero-order chi connectivity index (χ0) is 17.2. The summed E-state index contributed by atoms with van der Waals surface area (Å²) in [5, 5.41) is 6.55. The molecular weight excluding hydrogens is 276 g/mol. The average Bonchev–Trinajstić information content (AvgIpc) is 2.33. The lowest BCUT2D eigenvalue weighted by molar-refractivity contribution is 0.0520. The molecule has 0 saturated heterocycles. The Bertz CT molecular complexity index is 298. The van der Waals surface area contributed by atoms with Gasteiger partial charge in [-0.1, -0.05) is 40.0 Å². The van der Waals surface area contributed by atoms with Gasteiger partial charge >= 0.3 is 6.09 Å². The van der Waals surface area contributed by atoms with E-state index in [2.05, 4.69) is 38.3 Å². The van der Waals surface area contributed by atoms with Crippen LogP contribution < -0.4 is 10.6 Å². The number of rotatable bonds is 10. The van der Waals surface area contributed by atoms with Crippen molar-refractivity contribution in [1.82, 2.24) is 10.6 Å². The molecule has 0 radical (unpaired) electrons. The number of alkyl carbamates (subject to hydrolysis) is 1. The predicted molar refractivity (Wildman–Crippen MR) is 94.2 cm³/mol. The summed E-state index contributed by atoms with van der Waals surface area (Å²) in [7, 11) is 0. The van der Waals surface area contributed by atoms with Crippen molar-refractivity contribution in [3.05, 3.63) is 0 Å². The Morgan fingerprint density at radius 3 is 2.27 bits per heavy atom. The summed E-state index contributed by atoms with van der Waals surface area (Å²) >= 11 is 0. The van der Waals surface area contributed by atoms with Gasteiger partial charge in [0.05, 0.1) is 0 Å². The van der Waals surface area contributed by atoms with Crippen molar-refractivity contribution in [3.8, 4) is 0 Å². The van der Waals surface area contributed by atoms with E-state index in [0.29, 0.717) is 24.5 Å². The number of carbonyl (C=O) groups is 1. The minimum Gasteiger partial charge on any atom is -0.444 e. The SMILES string of the molecule is CCCCCC(C)NC(CNC(=O)OC(C)(C)C)CC(C)C. The predicted octanol–water partition coefficient (Wildman–Crippen LogP) is 4.48. The van der Waals surface area contributed by atoms with Crippen molar-refractivity contribution in [2.24, 2.45) is 5.92 Å². The third kappa shape index (κ3) is 12.9. The van der Waals surface area contributed by atoms with Crippen molar-refractivity contribution in [2.45, 2.75) is 98.3 Å². The molecule has 4 nitrogen and oxygen atoms in total. The second kappa shape index (κ2) is 10.9. The number of hydrogen-bond donors (Lipinski definition) is 2. The molecule has 2 N–H and O–H groups in total. The van der Waals surface area contributed by atoms with E-state index >= 15 is 0 Å². The highest BCUT2D eigenvalue weighted by molar-refractivity contribution is 5.67. The van der Waals surface area contributed by atoms with Gasteiger partial charge < -0.3 is 15.4 Å². The summed E-state index contributed by atoms with van der Waals surface area (Å²) in [6, 6.07) is 0.778. The summed E-state index contributed by atoms with van der Waals surface area (Å²) in [5.74, 6) is 0.598. The van der Waals surface area contributed by atoms with Gasteiger partial charge in [0.15, 0.2) is 0 Å². The standard InChI is InChI=1S/C18H38N2O2/c1-8-9-10-11-15(4)20-16(12-14(2)3)13-19-17(21)22-18(5,6)7/h14-16,20H,8-13H2,1-7H3,(H,19,21). The van der Waals surface area contributed by atoms with Gasteiger partial charge in [-0.2, -0.15) is 0 Å². The first-order valence-corrected chi connectivity index (χ1v) is 8.87. The maximum Gasteiger partial charge on any atom is 0.407 e. The van der Waals surface area contributed by atoms with Gasteiger partial charge in [0.1, 0.15) is 5.60 Å². The van der Waals surface area contributed by atoms with E-state index in [-0.39, 0.29) is 6.09 Å². The lowest BCUT2D eigenvalue weighted by Gasteiger charge is -2.26. The zero-order valence-corrected chi connectivity index (χ0v) is 15.8. The Balaban J connectivity index is 4.25. The lowest BCUT2D eigenvalue weighted by atomic mass is 10.0. The smallest absolute Gasteiger partial charge is 0.407 e. The van der Waals surface area contributed by atoms with Crippen molar-refractivity contribution in [3.63, 3.8) is 0 Å². The maximum absolute atomic E-state index is 11.8. The molecule has 0 aromatic rings. The molecule has 0 rings (SSSR count). The van der Waals surface area contributed by atoms with Crippen LogP contribution in [0.25, 0.3) is 0 Å². The lowest BCUT2D eigenvalue weighted by Crippen LogP contribution is -2.46. The van der Waals surface area contributed by atoms with Gasteiger partial charge in [0.25, 0.3) is 0 Å². The summed E-state index contributed by atoms with van der Waals surface area (Å²) in [5.41, 5.74) is -0.446. The van der Waals surface area contributed by atoms with E-state index in [1.807, 2.05) is 20.8 Å². The number of nitrogens with one attached hydrogen (secondary N) is 2. The molecule has 0 fully saturated rings. The number of hydrogen-bond acceptors (Lipinski definition) is 3. The van der Waals surface area contributed by atoms with Crippen LogP contribution in [0.4, 0.5) is 4.79 Å². The van der Waals surface area contributed by atoms with Crippen LogP contribution in [0.2, 0.25) is 0 Å². The molecule has 0 spiro atoms. The monoisotopic (exact) mass is 314 g/mol. The van der Waals surface area contributed by atoms with Gasteiger partial charge in [0, 0.05) is 18.6 Å². The second-order valence-electron chi connectivity index (χ2n) is 7.77. The van der Waals surface area contributed by atoms with Gasteiger partial charge in [-0.15, -0.1) is 0 Å². The zero-order valence-electron chi connectivity index (χ0n) is 15.8. The second-order valence-corrected chi connectivity index (χ2v) is 7.77. The number of ether oxygens (including phenoxy) is 1. The van der Waals surface area contributed by atoms with Gasteiger partial charge in [-0.05, 0) is 46.5 Å². The molecule has 2 atom stereocenters. The maximum atomic E-state index is 11.8. The largest absolute Gasteiger partial charge is 0.444 e. The van der Waals surface area contributed by atoms with Crippen LogP contribution in [0, 0.1) is 5.92 Å². The van der Waals surface area contributed by atoms with Crippen LogP contribution in [0.3, 0.4) is 0 Å². The summed E-state index contributed by atoms with van der Waals surface area (Å²) < 4.78 is 5.30. The van der Waals surface area contributed by atoms with Crippen LogP contribution in [-0.4, -0.2) is 30.3 Å². The van der Waals surface area contributed by atoms with Gasteiger partial charge in [-0.25, -0.2) is 4.79 Å². The summed E-state index contributed by atoms with van der Waals surface area (Å²) in [6.07, 6.45) is 5.71. The van der Waals surface area contributed by atoms with Crippen molar-refractivity contribution >= 4 is 6.09 Å². The Morgan fingerprint density at radius 2 is 1.77 bits per heavy atom. The Hall–Kier alpha value is -0.770. The quantitative estimate of drug-likeness (QED) is 0.584. The first kappa shape index (κ1) is 21.2. The Kier molecular flexibility index (Phi) is 10.5. The fraction of sp³-hybridized carbons (Fsp3) is 0.944. The van der Waals surface area contributed by atoms with Crippen LogP contribution in [0.1, 0.15) is 80.6 Å². The first-order chi connectivity index (χ1) is 10.1. The summed E-state index contributed by atoms with van der Waals surface area (Å²) in [4.78, 5) is 11.8. The molecule has 0 saturated carbocycles. The van der Waals surface area contributed by atoms with E-state index in [9.17, 15) is 4.79 Å². The molecule has 0 aliphatic carbocycles. The molecule has 2 unspecified atom stereocenters. The van der Waals surface area contributed by atoms with Crippen molar-refractivity contribution in [2.75, 3.05) is 6.54 Å². The highest BCUT2D eigenvalue weighted by atomic mass is 16.6. The molecule has 0 aliphatic rings. The molecule has 22 heavy (non-hydrogen) atoms.